The van der Waals surface area contributed by atoms with Crippen molar-refractivity contribution in [1.82, 2.24) is 10.6 Å². The SMILES string of the molecule is CC(=O)O.CNC(=O)COc1cc(C(=N)N)ccc1CNC(=O)c1cc(Cl)cc([N+](=O)[O-])c1. The van der Waals surface area contributed by atoms with Gasteiger partial charge in [-0.25, -0.2) is 0 Å². The lowest BCUT2D eigenvalue weighted by Gasteiger charge is -2.13. The van der Waals surface area contributed by atoms with Crippen molar-refractivity contribution < 1.29 is 29.2 Å². The topological polar surface area (TPSA) is 198 Å². The number of carboxylic acids is 1. The number of benzene rings is 2. The third kappa shape index (κ3) is 9.23. The van der Waals surface area contributed by atoms with Crippen LogP contribution in [-0.4, -0.2) is 47.3 Å². The molecule has 0 bridgehead atoms. The normalized spacial score (nSPS) is 9.67. The molecule has 0 aliphatic carbocycles. The van der Waals surface area contributed by atoms with Crippen LogP contribution in [0.1, 0.15) is 28.4 Å². The number of nitrogen functional groups attached to an aromatic ring is 1. The summed E-state index contributed by atoms with van der Waals surface area (Å²) < 4.78 is 5.46. The van der Waals surface area contributed by atoms with Crippen molar-refractivity contribution in [3.05, 3.63) is 68.2 Å². The standard InChI is InChI=1S/C18H18ClN5O5.C2H4O2/c1-22-16(25)9-29-15-6-10(17(20)21)2-3-11(15)8-23-18(26)12-4-13(19)7-14(5-12)24(27)28;1-2(3)4/h2-7H,8-9H2,1H3,(H3,20,21)(H,22,25)(H,23,26);1H3,(H,3,4). The van der Waals surface area contributed by atoms with E-state index in [4.69, 9.17) is 37.4 Å². The highest BCUT2D eigenvalue weighted by Crippen LogP contribution is 2.23. The number of nitrogens with zero attached hydrogens (tertiary/aromatic N) is 1. The molecule has 0 unspecified atom stereocenters. The predicted molar refractivity (Wildman–Crippen MR) is 120 cm³/mol. The Labute approximate surface area is 193 Å². The summed E-state index contributed by atoms with van der Waals surface area (Å²) in [5, 5.41) is 31.0. The zero-order valence-electron chi connectivity index (χ0n) is 17.7. The number of hydrogen-bond acceptors (Lipinski definition) is 7. The highest BCUT2D eigenvalue weighted by molar-refractivity contribution is 6.31. The van der Waals surface area contributed by atoms with Gasteiger partial charge in [-0.1, -0.05) is 23.7 Å². The van der Waals surface area contributed by atoms with E-state index in [-0.39, 0.29) is 46.9 Å². The number of amidine groups is 1. The minimum atomic E-state index is -0.833. The molecule has 0 radical (unpaired) electrons. The second-order valence-corrected chi connectivity index (χ2v) is 6.79. The Morgan fingerprint density at radius 1 is 1.21 bits per heavy atom. The number of non-ortho nitro benzene ring substituents is 1. The molecule has 12 nitrogen and oxygen atoms in total. The fourth-order valence-corrected chi connectivity index (χ4v) is 2.54. The number of carbonyl (C=O) groups excluding carboxylic acids is 2. The Hall–Kier alpha value is -4.19. The van der Waals surface area contributed by atoms with Gasteiger partial charge in [0.1, 0.15) is 11.6 Å². The number of rotatable bonds is 8. The molecule has 0 aromatic heterocycles. The van der Waals surface area contributed by atoms with Crippen LogP contribution in [-0.2, 0) is 16.1 Å². The van der Waals surface area contributed by atoms with Gasteiger partial charge in [0, 0.05) is 54.4 Å². The van der Waals surface area contributed by atoms with E-state index < -0.39 is 16.8 Å². The average molecular weight is 480 g/mol. The van der Waals surface area contributed by atoms with Crippen molar-refractivity contribution >= 4 is 40.9 Å². The lowest BCUT2D eigenvalue weighted by atomic mass is 10.1. The summed E-state index contributed by atoms with van der Waals surface area (Å²) in [5.41, 5.74) is 6.10. The molecule has 0 saturated heterocycles. The van der Waals surface area contributed by atoms with E-state index in [1.807, 2.05) is 0 Å². The first-order chi connectivity index (χ1) is 15.4. The molecule has 0 spiro atoms. The summed E-state index contributed by atoms with van der Waals surface area (Å²) in [6.07, 6.45) is 0. The summed E-state index contributed by atoms with van der Waals surface area (Å²) in [6.45, 7) is 0.819. The summed E-state index contributed by atoms with van der Waals surface area (Å²) in [5.74, 6) is -1.70. The van der Waals surface area contributed by atoms with Crippen LogP contribution in [0.5, 0.6) is 5.75 Å². The zero-order chi connectivity index (χ0) is 25.1. The van der Waals surface area contributed by atoms with Crippen LogP contribution >= 0.6 is 11.6 Å². The number of amides is 2. The number of hydrogen-bond donors (Lipinski definition) is 5. The van der Waals surface area contributed by atoms with E-state index in [9.17, 15) is 19.7 Å². The maximum Gasteiger partial charge on any atom is 0.300 e. The predicted octanol–water partition coefficient (Wildman–Crippen LogP) is 1.68. The third-order valence-corrected chi connectivity index (χ3v) is 4.03. The lowest BCUT2D eigenvalue weighted by molar-refractivity contribution is -0.384. The van der Waals surface area contributed by atoms with E-state index >= 15 is 0 Å². The number of nitro benzene ring substituents is 1. The lowest BCUT2D eigenvalue weighted by Crippen LogP contribution is -2.26. The summed E-state index contributed by atoms with van der Waals surface area (Å²) in [6, 6.07) is 8.22. The van der Waals surface area contributed by atoms with E-state index in [2.05, 4.69) is 10.6 Å². The van der Waals surface area contributed by atoms with Crippen LogP contribution in [0.2, 0.25) is 5.02 Å². The number of ether oxygens (including phenoxy) is 1. The van der Waals surface area contributed by atoms with Crippen LogP contribution in [0.4, 0.5) is 5.69 Å². The van der Waals surface area contributed by atoms with Crippen LogP contribution in [0.25, 0.3) is 0 Å². The van der Waals surface area contributed by atoms with Gasteiger partial charge in [-0.2, -0.15) is 0 Å². The molecule has 0 aliphatic heterocycles. The summed E-state index contributed by atoms with van der Waals surface area (Å²) in [4.78, 5) is 43.1. The van der Waals surface area contributed by atoms with Crippen molar-refractivity contribution in [3.8, 4) is 5.75 Å². The number of carbonyl (C=O) groups is 3. The number of carboxylic acid groups (broad SMARTS) is 1. The van der Waals surface area contributed by atoms with Gasteiger partial charge >= 0.3 is 0 Å². The summed E-state index contributed by atoms with van der Waals surface area (Å²) in [7, 11) is 1.46. The van der Waals surface area contributed by atoms with E-state index in [1.165, 1.54) is 19.2 Å². The Morgan fingerprint density at radius 3 is 2.39 bits per heavy atom. The molecule has 2 aromatic rings. The van der Waals surface area contributed by atoms with Crippen molar-refractivity contribution in [2.24, 2.45) is 5.73 Å². The molecule has 0 atom stereocenters. The van der Waals surface area contributed by atoms with E-state index in [0.29, 0.717) is 11.1 Å². The number of nitrogens with two attached hydrogens (primary N) is 1. The molecule has 176 valence electrons. The summed E-state index contributed by atoms with van der Waals surface area (Å²) >= 11 is 5.84. The van der Waals surface area contributed by atoms with Crippen LogP contribution < -0.4 is 21.1 Å². The zero-order valence-corrected chi connectivity index (χ0v) is 18.4. The Bertz CT molecular complexity index is 1070. The van der Waals surface area contributed by atoms with Crippen LogP contribution in [0.3, 0.4) is 0 Å². The highest BCUT2D eigenvalue weighted by Gasteiger charge is 2.15. The largest absolute Gasteiger partial charge is 0.483 e. The maximum atomic E-state index is 12.4. The van der Waals surface area contributed by atoms with Gasteiger partial charge in [-0.05, 0) is 12.1 Å². The van der Waals surface area contributed by atoms with Gasteiger partial charge in [0.25, 0.3) is 23.5 Å². The molecule has 2 amide bonds. The molecule has 0 fully saturated rings. The van der Waals surface area contributed by atoms with Gasteiger partial charge in [-0.15, -0.1) is 0 Å². The van der Waals surface area contributed by atoms with Crippen molar-refractivity contribution in [3.63, 3.8) is 0 Å². The highest BCUT2D eigenvalue weighted by atomic mass is 35.5. The fraction of sp³-hybridized carbons (Fsp3) is 0.200. The van der Waals surface area contributed by atoms with Gasteiger partial charge in [0.2, 0.25) is 0 Å². The number of nitro groups is 1. The smallest absolute Gasteiger partial charge is 0.300 e. The first-order valence-electron chi connectivity index (χ1n) is 9.18. The quantitative estimate of drug-likeness (QED) is 0.163. The molecule has 0 saturated carbocycles. The minimum Gasteiger partial charge on any atom is -0.483 e. The molecule has 0 heterocycles. The van der Waals surface area contributed by atoms with Gasteiger partial charge in [0.05, 0.1) is 4.92 Å². The molecule has 2 aromatic carbocycles. The van der Waals surface area contributed by atoms with Crippen LogP contribution in [0, 0.1) is 15.5 Å². The molecule has 6 N–H and O–H groups in total. The Morgan fingerprint density at radius 2 is 1.85 bits per heavy atom. The number of halogens is 1. The number of nitrogens with one attached hydrogen (secondary N) is 3. The van der Waals surface area contributed by atoms with E-state index in [1.54, 1.807) is 12.1 Å². The molecule has 0 aliphatic rings. The average Bonchev–Trinajstić information content (AvgIpc) is 2.74. The number of aliphatic carboxylic acids is 1. The first kappa shape index (κ1) is 26.8. The third-order valence-electron chi connectivity index (χ3n) is 3.81. The maximum absolute atomic E-state index is 12.4. The van der Waals surface area contributed by atoms with Crippen molar-refractivity contribution in [2.75, 3.05) is 13.7 Å². The molecule has 33 heavy (non-hydrogen) atoms. The first-order valence-corrected chi connectivity index (χ1v) is 9.55. The Kier molecular flexibility index (Phi) is 10.3. The minimum absolute atomic E-state index is 0.000403. The van der Waals surface area contributed by atoms with Crippen molar-refractivity contribution in [1.29, 1.82) is 5.41 Å². The fourth-order valence-electron chi connectivity index (χ4n) is 2.31. The van der Waals surface area contributed by atoms with E-state index in [0.717, 1.165) is 19.1 Å². The second kappa shape index (κ2) is 12.6. The molecular formula is C20H22ClN5O7. The molecule has 2 rings (SSSR count). The van der Waals surface area contributed by atoms with Gasteiger partial charge in [0.15, 0.2) is 6.61 Å². The van der Waals surface area contributed by atoms with Crippen LogP contribution in [0.15, 0.2) is 36.4 Å². The van der Waals surface area contributed by atoms with Gasteiger partial charge in [-0.3, -0.25) is 29.9 Å². The molecular weight excluding hydrogens is 458 g/mol. The monoisotopic (exact) mass is 479 g/mol. The second-order valence-electron chi connectivity index (χ2n) is 6.35. The van der Waals surface area contributed by atoms with Gasteiger partial charge < -0.3 is 26.2 Å². The Balaban J connectivity index is 0.00000125. The van der Waals surface area contributed by atoms with Crippen molar-refractivity contribution in [2.45, 2.75) is 13.5 Å². The molecule has 13 heteroatoms. The number of likely N-dealkylation sites (N-methyl/N-ethyl adjacent to an activating group) is 1.